The summed E-state index contributed by atoms with van der Waals surface area (Å²) < 4.78 is 1.89. The van der Waals surface area contributed by atoms with E-state index < -0.39 is 34.1 Å². The molecule has 0 spiro atoms. The van der Waals surface area contributed by atoms with Crippen LogP contribution in [0.2, 0.25) is 0 Å². The van der Waals surface area contributed by atoms with Crippen molar-refractivity contribution in [1.82, 2.24) is 30.2 Å². The lowest BCUT2D eigenvalue weighted by atomic mass is 10.0. The number of nitrogens with one attached hydrogen (secondary N) is 1. The van der Waals surface area contributed by atoms with Gasteiger partial charge in [-0.15, -0.1) is 22.0 Å². The molecule has 0 aliphatic carbocycles. The highest BCUT2D eigenvalue weighted by atomic mass is 32.2. The Balaban J connectivity index is 1.42. The maximum Gasteiger partial charge on any atom is 0.352 e. The first-order valence-corrected chi connectivity index (χ1v) is 12.3. The molecule has 2 atom stereocenters. The van der Waals surface area contributed by atoms with Crippen LogP contribution >= 0.6 is 34.9 Å². The molecule has 2 amide bonds. The zero-order chi connectivity index (χ0) is 23.9. The number of fused-ring (bicyclic) bond motifs is 1. The second-order valence-electron chi connectivity index (χ2n) is 7.12. The van der Waals surface area contributed by atoms with Gasteiger partial charge >= 0.3 is 11.7 Å². The van der Waals surface area contributed by atoms with Gasteiger partial charge in [-0.1, -0.05) is 23.1 Å². The summed E-state index contributed by atoms with van der Waals surface area (Å²) >= 11 is 4.13. The molecule has 2 aromatic heterocycles. The van der Waals surface area contributed by atoms with Gasteiger partial charge in [0.1, 0.15) is 40.6 Å². The van der Waals surface area contributed by atoms with Crippen molar-refractivity contribution in [2.24, 2.45) is 0 Å². The highest BCUT2D eigenvalue weighted by Crippen LogP contribution is 2.41. The number of amides is 2. The summed E-state index contributed by atoms with van der Waals surface area (Å²) in [6.45, 7) is 3.00. The Kier molecular flexibility index (Phi) is 6.40. The van der Waals surface area contributed by atoms with Crippen molar-refractivity contribution in [3.8, 4) is 0 Å². The van der Waals surface area contributed by atoms with Crippen molar-refractivity contribution in [3.63, 3.8) is 0 Å². The van der Waals surface area contributed by atoms with Crippen LogP contribution in [0.25, 0.3) is 0 Å². The summed E-state index contributed by atoms with van der Waals surface area (Å²) in [5, 5.41) is 35.3. The molecule has 13 nitrogen and oxygen atoms in total. The predicted octanol–water partition coefficient (Wildman–Crippen LogP) is 0.791. The van der Waals surface area contributed by atoms with Gasteiger partial charge in [0.15, 0.2) is 4.34 Å². The van der Waals surface area contributed by atoms with Gasteiger partial charge in [-0.05, 0) is 19.4 Å². The Morgan fingerprint density at radius 1 is 1.39 bits per heavy atom. The number of hydrogen-bond acceptors (Lipinski definition) is 11. The van der Waals surface area contributed by atoms with E-state index in [1.54, 1.807) is 0 Å². The standard InChI is InChI=1S/C17H17N7O6S3/c1-7-10(24(29)30)3-18-22(7)4-11(25)19-12-14(26)23-13(16(27)28)9(5-31-15(12)23)6-32-17-21-20-8(2)33-17/h3,12,15H,4-6H2,1-2H3,(H,19,25)(H,27,28)/t12-,15+/m1/s1. The van der Waals surface area contributed by atoms with E-state index in [0.29, 0.717) is 21.4 Å². The Bertz CT molecular complexity index is 1190. The first kappa shape index (κ1) is 23.2. The van der Waals surface area contributed by atoms with Crippen molar-refractivity contribution >= 4 is 58.3 Å². The van der Waals surface area contributed by atoms with E-state index >= 15 is 0 Å². The number of aromatic nitrogens is 4. The van der Waals surface area contributed by atoms with Gasteiger partial charge in [-0.3, -0.25) is 29.3 Å². The van der Waals surface area contributed by atoms with E-state index in [1.807, 2.05) is 6.92 Å². The fourth-order valence-corrected chi connectivity index (χ4v) is 6.71. The van der Waals surface area contributed by atoms with Gasteiger partial charge in [0.25, 0.3) is 5.91 Å². The van der Waals surface area contributed by atoms with E-state index in [-0.39, 0.29) is 23.6 Å². The SMILES string of the molecule is Cc1nnc(SCC2=C(C(=O)O)N3C(=O)[C@@H](NC(=O)Cn4ncc([N+](=O)[O-])c4C)[C@@H]3SC2)s1. The molecular formula is C17H17N7O6S3. The minimum atomic E-state index is -1.21. The summed E-state index contributed by atoms with van der Waals surface area (Å²) in [7, 11) is 0. The molecule has 1 saturated heterocycles. The molecule has 0 bridgehead atoms. The number of rotatable bonds is 8. The average Bonchev–Trinajstić information content (AvgIpc) is 3.34. The largest absolute Gasteiger partial charge is 0.477 e. The van der Waals surface area contributed by atoms with Crippen LogP contribution in [-0.2, 0) is 20.9 Å². The summed E-state index contributed by atoms with van der Waals surface area (Å²) in [4.78, 5) is 48.7. The number of hydrogen-bond donors (Lipinski definition) is 2. The molecule has 0 unspecified atom stereocenters. The maximum atomic E-state index is 12.7. The van der Waals surface area contributed by atoms with Crippen molar-refractivity contribution in [2.75, 3.05) is 11.5 Å². The fraction of sp³-hybridized carbons (Fsp3) is 0.412. The highest BCUT2D eigenvalue weighted by molar-refractivity contribution is 8.01. The van der Waals surface area contributed by atoms with Crippen molar-refractivity contribution in [3.05, 3.63) is 38.3 Å². The molecule has 4 heterocycles. The molecule has 4 rings (SSSR count). The number of carbonyl (C=O) groups excluding carboxylic acids is 2. The molecule has 2 N–H and O–H groups in total. The quantitative estimate of drug-likeness (QED) is 0.222. The van der Waals surface area contributed by atoms with E-state index in [2.05, 4.69) is 20.6 Å². The third kappa shape index (κ3) is 4.45. The minimum absolute atomic E-state index is 0.0680. The summed E-state index contributed by atoms with van der Waals surface area (Å²) in [6, 6.07) is -0.886. The number of aryl methyl sites for hydroxylation is 1. The zero-order valence-corrected chi connectivity index (χ0v) is 19.7. The van der Waals surface area contributed by atoms with Crippen molar-refractivity contribution in [1.29, 1.82) is 0 Å². The highest BCUT2D eigenvalue weighted by Gasteiger charge is 2.54. The summed E-state index contributed by atoms with van der Waals surface area (Å²) in [5.74, 6) is -1.54. The van der Waals surface area contributed by atoms with Gasteiger partial charge in [-0.2, -0.15) is 5.10 Å². The number of carboxylic acid groups (broad SMARTS) is 1. The minimum Gasteiger partial charge on any atom is -0.477 e. The van der Waals surface area contributed by atoms with Crippen LogP contribution in [0.4, 0.5) is 5.69 Å². The van der Waals surface area contributed by atoms with Crippen molar-refractivity contribution < 1.29 is 24.4 Å². The number of aliphatic carboxylic acids is 1. The Hall–Kier alpha value is -2.98. The molecule has 0 aromatic carbocycles. The lowest BCUT2D eigenvalue weighted by Gasteiger charge is -2.49. The molecule has 2 aromatic rings. The lowest BCUT2D eigenvalue weighted by Crippen LogP contribution is -2.70. The van der Waals surface area contributed by atoms with Crippen LogP contribution in [0.3, 0.4) is 0 Å². The van der Waals surface area contributed by atoms with E-state index in [9.17, 15) is 29.6 Å². The van der Waals surface area contributed by atoms with Crippen LogP contribution in [0, 0.1) is 24.0 Å². The normalized spacial score (nSPS) is 19.8. The second-order valence-corrected chi connectivity index (χ2v) is 10.6. The van der Waals surface area contributed by atoms with Crippen molar-refractivity contribution in [2.45, 2.75) is 36.1 Å². The topological polar surface area (TPSA) is 173 Å². The molecular weight excluding hydrogens is 494 g/mol. The molecule has 174 valence electrons. The van der Waals surface area contributed by atoms with Crippen LogP contribution in [0.15, 0.2) is 21.8 Å². The second kappa shape index (κ2) is 9.11. The lowest BCUT2D eigenvalue weighted by molar-refractivity contribution is -0.385. The van der Waals surface area contributed by atoms with E-state index in [1.165, 1.54) is 51.4 Å². The van der Waals surface area contributed by atoms with Gasteiger partial charge in [-0.25, -0.2) is 4.79 Å². The predicted molar refractivity (Wildman–Crippen MR) is 119 cm³/mol. The first-order valence-electron chi connectivity index (χ1n) is 9.46. The van der Waals surface area contributed by atoms with Crippen LogP contribution in [-0.4, -0.2) is 75.6 Å². The van der Waals surface area contributed by atoms with Gasteiger partial charge in [0.2, 0.25) is 5.91 Å². The number of carbonyl (C=O) groups is 3. The average molecular weight is 512 g/mol. The number of nitro groups is 1. The monoisotopic (exact) mass is 511 g/mol. The van der Waals surface area contributed by atoms with Gasteiger partial charge in [0.05, 0.1) is 4.92 Å². The molecule has 16 heteroatoms. The molecule has 2 aliphatic heterocycles. The number of thioether (sulfide) groups is 2. The molecule has 33 heavy (non-hydrogen) atoms. The number of nitrogens with zero attached hydrogens (tertiary/aromatic N) is 6. The molecule has 2 aliphatic rings. The van der Waals surface area contributed by atoms with E-state index in [4.69, 9.17) is 0 Å². The third-order valence-electron chi connectivity index (χ3n) is 5.01. The maximum absolute atomic E-state index is 12.7. The molecule has 1 fully saturated rings. The fourth-order valence-electron chi connectivity index (χ4n) is 3.41. The van der Waals surface area contributed by atoms with E-state index in [0.717, 1.165) is 11.2 Å². The Labute approximate surface area is 198 Å². The number of β-lactam (4-membered cyclic amide) rings is 1. The van der Waals surface area contributed by atoms with Gasteiger partial charge < -0.3 is 10.4 Å². The smallest absolute Gasteiger partial charge is 0.352 e. The Morgan fingerprint density at radius 3 is 2.76 bits per heavy atom. The zero-order valence-electron chi connectivity index (χ0n) is 17.2. The van der Waals surface area contributed by atoms with Crippen LogP contribution in [0.5, 0.6) is 0 Å². The molecule has 0 radical (unpaired) electrons. The Morgan fingerprint density at radius 2 is 2.15 bits per heavy atom. The van der Waals surface area contributed by atoms with Crippen LogP contribution < -0.4 is 5.32 Å². The van der Waals surface area contributed by atoms with Gasteiger partial charge in [0, 0.05) is 11.5 Å². The first-order chi connectivity index (χ1) is 15.7. The summed E-state index contributed by atoms with van der Waals surface area (Å²) in [6.07, 6.45) is 1.06. The third-order valence-corrected chi connectivity index (χ3v) is 8.41. The van der Waals surface area contributed by atoms with Crippen LogP contribution in [0.1, 0.15) is 10.7 Å². The number of carboxylic acids is 1. The molecule has 0 saturated carbocycles. The summed E-state index contributed by atoms with van der Waals surface area (Å²) in [5.41, 5.74) is 0.537.